The van der Waals surface area contributed by atoms with Crippen LogP contribution in [0.15, 0.2) is 18.2 Å². The molecule has 2 aliphatic heterocycles. The van der Waals surface area contributed by atoms with Gasteiger partial charge in [-0.25, -0.2) is 0 Å². The molecule has 0 aliphatic carbocycles. The SMILES string of the molecule is CC(=O)N1CCC(CNC(=O)CCc2cccc3c2OCO3)CC1. The number of nitrogens with one attached hydrogen (secondary N) is 1. The summed E-state index contributed by atoms with van der Waals surface area (Å²) >= 11 is 0. The third kappa shape index (κ3) is 3.99. The maximum atomic E-state index is 12.1. The lowest BCUT2D eigenvalue weighted by Gasteiger charge is -2.31. The van der Waals surface area contributed by atoms with Crippen molar-refractivity contribution in [3.8, 4) is 11.5 Å². The molecule has 130 valence electrons. The average Bonchev–Trinajstić information content (AvgIpc) is 3.07. The van der Waals surface area contributed by atoms with E-state index >= 15 is 0 Å². The van der Waals surface area contributed by atoms with E-state index in [0.29, 0.717) is 25.3 Å². The molecule has 6 nitrogen and oxygen atoms in total. The van der Waals surface area contributed by atoms with Crippen LogP contribution in [0.25, 0.3) is 0 Å². The van der Waals surface area contributed by atoms with Crippen LogP contribution in [0.2, 0.25) is 0 Å². The first kappa shape index (κ1) is 16.6. The summed E-state index contributed by atoms with van der Waals surface area (Å²) in [5, 5.41) is 3.02. The second-order valence-corrected chi connectivity index (χ2v) is 6.40. The van der Waals surface area contributed by atoms with E-state index in [9.17, 15) is 9.59 Å². The summed E-state index contributed by atoms with van der Waals surface area (Å²) in [6.07, 6.45) is 2.99. The quantitative estimate of drug-likeness (QED) is 0.891. The van der Waals surface area contributed by atoms with Gasteiger partial charge in [-0.15, -0.1) is 0 Å². The Morgan fingerprint density at radius 1 is 1.25 bits per heavy atom. The predicted molar refractivity (Wildman–Crippen MR) is 88.9 cm³/mol. The summed E-state index contributed by atoms with van der Waals surface area (Å²) in [6.45, 7) is 4.14. The molecule has 2 aliphatic rings. The number of benzene rings is 1. The van der Waals surface area contributed by atoms with Crippen molar-refractivity contribution >= 4 is 11.8 Å². The summed E-state index contributed by atoms with van der Waals surface area (Å²) < 4.78 is 10.8. The molecule has 1 fully saturated rings. The molecular formula is C18H24N2O4. The zero-order chi connectivity index (χ0) is 16.9. The summed E-state index contributed by atoms with van der Waals surface area (Å²) in [4.78, 5) is 25.3. The van der Waals surface area contributed by atoms with Crippen LogP contribution in [0.5, 0.6) is 11.5 Å². The van der Waals surface area contributed by atoms with Crippen molar-refractivity contribution in [3.63, 3.8) is 0 Å². The Hall–Kier alpha value is -2.24. The molecule has 2 amide bonds. The van der Waals surface area contributed by atoms with Crippen molar-refractivity contribution in [2.75, 3.05) is 26.4 Å². The Balaban J connectivity index is 1.39. The minimum absolute atomic E-state index is 0.0560. The highest BCUT2D eigenvalue weighted by atomic mass is 16.7. The van der Waals surface area contributed by atoms with E-state index in [0.717, 1.165) is 43.0 Å². The summed E-state index contributed by atoms with van der Waals surface area (Å²) in [6, 6.07) is 5.77. The summed E-state index contributed by atoms with van der Waals surface area (Å²) in [5.41, 5.74) is 1.01. The Morgan fingerprint density at radius 3 is 2.79 bits per heavy atom. The van der Waals surface area contributed by atoms with Crippen molar-refractivity contribution in [2.45, 2.75) is 32.6 Å². The fourth-order valence-corrected chi connectivity index (χ4v) is 3.23. The molecule has 0 saturated carbocycles. The number of rotatable bonds is 5. The third-order valence-corrected chi connectivity index (χ3v) is 4.75. The molecule has 1 N–H and O–H groups in total. The molecule has 24 heavy (non-hydrogen) atoms. The van der Waals surface area contributed by atoms with Gasteiger partial charge in [-0.3, -0.25) is 9.59 Å². The van der Waals surface area contributed by atoms with Crippen LogP contribution in [0.1, 0.15) is 31.7 Å². The van der Waals surface area contributed by atoms with Gasteiger partial charge >= 0.3 is 0 Å². The number of nitrogens with zero attached hydrogens (tertiary/aromatic N) is 1. The number of aryl methyl sites for hydroxylation is 1. The normalized spacial score (nSPS) is 17.0. The molecule has 0 bridgehead atoms. The average molecular weight is 332 g/mol. The van der Waals surface area contributed by atoms with Gasteiger partial charge in [0.2, 0.25) is 18.6 Å². The van der Waals surface area contributed by atoms with Crippen LogP contribution in [0.3, 0.4) is 0 Å². The largest absolute Gasteiger partial charge is 0.454 e. The fourth-order valence-electron chi connectivity index (χ4n) is 3.23. The lowest BCUT2D eigenvalue weighted by Crippen LogP contribution is -2.40. The second kappa shape index (κ2) is 7.55. The molecule has 1 aromatic rings. The number of ether oxygens (including phenoxy) is 2. The van der Waals surface area contributed by atoms with E-state index in [1.54, 1.807) is 6.92 Å². The lowest BCUT2D eigenvalue weighted by molar-refractivity contribution is -0.130. The van der Waals surface area contributed by atoms with Crippen molar-refractivity contribution in [2.24, 2.45) is 5.92 Å². The van der Waals surface area contributed by atoms with Gasteiger partial charge in [0.05, 0.1) is 0 Å². The summed E-state index contributed by atoms with van der Waals surface area (Å²) in [5.74, 6) is 2.17. The zero-order valence-corrected chi connectivity index (χ0v) is 14.0. The van der Waals surface area contributed by atoms with Gasteiger partial charge < -0.3 is 19.7 Å². The first-order valence-electron chi connectivity index (χ1n) is 8.53. The maximum absolute atomic E-state index is 12.1. The van der Waals surface area contributed by atoms with Gasteiger partial charge in [0.1, 0.15) is 0 Å². The van der Waals surface area contributed by atoms with Gasteiger partial charge in [-0.2, -0.15) is 0 Å². The molecule has 1 saturated heterocycles. The van der Waals surface area contributed by atoms with Crippen molar-refractivity contribution in [1.29, 1.82) is 0 Å². The molecule has 0 aromatic heterocycles. The van der Waals surface area contributed by atoms with E-state index in [1.165, 1.54) is 0 Å². The Labute approximate surface area is 142 Å². The standard InChI is InChI=1S/C18H24N2O4/c1-13(21)20-9-7-14(8-10-20)11-19-17(22)6-5-15-3-2-4-16-18(15)24-12-23-16/h2-4,14H,5-12H2,1H3,(H,19,22). The van der Waals surface area contributed by atoms with Crippen LogP contribution in [-0.2, 0) is 16.0 Å². The maximum Gasteiger partial charge on any atom is 0.231 e. The molecule has 0 radical (unpaired) electrons. The number of fused-ring (bicyclic) bond motifs is 1. The first-order chi connectivity index (χ1) is 11.6. The minimum Gasteiger partial charge on any atom is -0.454 e. The molecule has 3 rings (SSSR count). The number of para-hydroxylation sites is 1. The van der Waals surface area contributed by atoms with E-state index in [1.807, 2.05) is 23.1 Å². The topological polar surface area (TPSA) is 67.9 Å². The Morgan fingerprint density at radius 2 is 2.04 bits per heavy atom. The number of carbonyl (C=O) groups is 2. The smallest absolute Gasteiger partial charge is 0.231 e. The number of piperidine rings is 1. The van der Waals surface area contributed by atoms with Crippen LogP contribution in [0, 0.1) is 5.92 Å². The zero-order valence-electron chi connectivity index (χ0n) is 14.0. The first-order valence-corrected chi connectivity index (χ1v) is 8.53. The van der Waals surface area contributed by atoms with Gasteiger partial charge in [0.25, 0.3) is 0 Å². The molecule has 0 spiro atoms. The minimum atomic E-state index is 0.0560. The van der Waals surface area contributed by atoms with Crippen molar-refractivity contribution < 1.29 is 19.1 Å². The number of carbonyl (C=O) groups excluding carboxylic acids is 2. The van der Waals surface area contributed by atoms with Gasteiger partial charge in [-0.1, -0.05) is 12.1 Å². The Bertz CT molecular complexity index is 609. The lowest BCUT2D eigenvalue weighted by atomic mass is 9.96. The number of likely N-dealkylation sites (tertiary alicyclic amines) is 1. The highest BCUT2D eigenvalue weighted by Gasteiger charge is 2.21. The fraction of sp³-hybridized carbons (Fsp3) is 0.556. The second-order valence-electron chi connectivity index (χ2n) is 6.40. The van der Waals surface area contributed by atoms with Crippen LogP contribution in [0.4, 0.5) is 0 Å². The van der Waals surface area contributed by atoms with Crippen molar-refractivity contribution in [3.05, 3.63) is 23.8 Å². The van der Waals surface area contributed by atoms with Gasteiger partial charge in [0, 0.05) is 33.0 Å². The van der Waals surface area contributed by atoms with Crippen LogP contribution >= 0.6 is 0 Å². The molecule has 6 heteroatoms. The van der Waals surface area contributed by atoms with E-state index in [4.69, 9.17) is 9.47 Å². The molecule has 0 atom stereocenters. The van der Waals surface area contributed by atoms with Crippen LogP contribution < -0.4 is 14.8 Å². The predicted octanol–water partition coefficient (Wildman–Crippen LogP) is 1.72. The highest BCUT2D eigenvalue weighted by molar-refractivity contribution is 5.76. The number of hydrogen-bond donors (Lipinski definition) is 1. The highest BCUT2D eigenvalue weighted by Crippen LogP contribution is 2.35. The van der Waals surface area contributed by atoms with Gasteiger partial charge in [-0.05, 0) is 36.8 Å². The molecule has 0 unspecified atom stereocenters. The van der Waals surface area contributed by atoms with E-state index < -0.39 is 0 Å². The number of hydrogen-bond acceptors (Lipinski definition) is 4. The summed E-state index contributed by atoms with van der Waals surface area (Å²) in [7, 11) is 0. The van der Waals surface area contributed by atoms with Crippen molar-refractivity contribution in [1.82, 2.24) is 10.2 Å². The van der Waals surface area contributed by atoms with E-state index in [-0.39, 0.29) is 18.6 Å². The molecular weight excluding hydrogens is 308 g/mol. The number of amides is 2. The third-order valence-electron chi connectivity index (χ3n) is 4.75. The Kier molecular flexibility index (Phi) is 5.23. The molecule has 1 aromatic carbocycles. The van der Waals surface area contributed by atoms with Crippen LogP contribution in [-0.4, -0.2) is 43.1 Å². The van der Waals surface area contributed by atoms with E-state index in [2.05, 4.69) is 5.32 Å². The monoisotopic (exact) mass is 332 g/mol. The molecule has 2 heterocycles. The van der Waals surface area contributed by atoms with Gasteiger partial charge in [0.15, 0.2) is 11.5 Å².